The lowest BCUT2D eigenvalue weighted by molar-refractivity contribution is -0.359. The number of nitrogens with one attached hydrogen (secondary N) is 1. The Balaban J connectivity index is 1.66. The van der Waals surface area contributed by atoms with E-state index in [1.165, 1.54) is 173 Å². The molecule has 0 bridgehead atoms. The molecule has 2 heterocycles. The molecular formula is C73H129NO13. The number of hydrogen-bond acceptors (Lipinski definition) is 13. The van der Waals surface area contributed by atoms with E-state index in [0.29, 0.717) is 12.8 Å². The zero-order chi connectivity index (χ0) is 63.1. The van der Waals surface area contributed by atoms with Gasteiger partial charge in [0.15, 0.2) is 12.6 Å². The molecule has 0 saturated carbocycles. The van der Waals surface area contributed by atoms with Crippen LogP contribution in [0.1, 0.15) is 277 Å². The smallest absolute Gasteiger partial charge is 0.220 e. The van der Waals surface area contributed by atoms with E-state index in [4.69, 9.17) is 18.9 Å². The van der Waals surface area contributed by atoms with Crippen LogP contribution in [-0.4, -0.2) is 140 Å². The number of amides is 1. The van der Waals surface area contributed by atoms with Crippen LogP contribution in [-0.2, 0) is 23.7 Å². The minimum atomic E-state index is -1.80. The molecular weight excluding hydrogens is 1100 g/mol. The molecule has 0 aromatic rings. The van der Waals surface area contributed by atoms with Crippen LogP contribution in [0.3, 0.4) is 0 Å². The Morgan fingerprint density at radius 2 is 0.805 bits per heavy atom. The fourth-order valence-corrected chi connectivity index (χ4v) is 11.2. The lowest BCUT2D eigenvalue weighted by atomic mass is 9.97. The van der Waals surface area contributed by atoms with Crippen molar-refractivity contribution in [3.63, 3.8) is 0 Å². The van der Waals surface area contributed by atoms with Gasteiger partial charge in [-0.1, -0.05) is 272 Å². The SMILES string of the molecule is CC/C=C\C/C=C\C/C=C\C/C=C\CCCCCCCCCCCCCCCCCCCCCCC(=O)NC(COC1OC(CO)C(OC2OC(CO)C(O)C(O)C2O)C(O)C1O)C(O)/C=C/CC/C=C/CC/C=C/CCCCCCCCCCCC. The Morgan fingerprint density at radius 1 is 0.425 bits per heavy atom. The molecule has 1 amide bonds. The van der Waals surface area contributed by atoms with Crippen molar-refractivity contribution >= 4 is 5.91 Å². The first-order chi connectivity index (χ1) is 42.6. The summed E-state index contributed by atoms with van der Waals surface area (Å²) in [6.07, 6.45) is 62.2. The normalized spacial score (nSPS) is 23.8. The first-order valence-corrected chi connectivity index (χ1v) is 35.3. The van der Waals surface area contributed by atoms with Crippen molar-refractivity contribution in [2.45, 2.75) is 351 Å². The lowest BCUT2D eigenvalue weighted by Crippen LogP contribution is -2.65. The van der Waals surface area contributed by atoms with Crippen LogP contribution in [0.15, 0.2) is 85.1 Å². The summed E-state index contributed by atoms with van der Waals surface area (Å²) < 4.78 is 22.8. The second-order valence-corrected chi connectivity index (χ2v) is 24.6. The van der Waals surface area contributed by atoms with E-state index >= 15 is 0 Å². The Morgan fingerprint density at radius 3 is 1.26 bits per heavy atom. The number of aliphatic hydroxyl groups is 8. The third-order valence-electron chi connectivity index (χ3n) is 16.8. The van der Waals surface area contributed by atoms with Crippen molar-refractivity contribution in [3.8, 4) is 0 Å². The number of unbranched alkanes of at least 4 members (excludes halogenated alkanes) is 32. The number of aliphatic hydroxyl groups excluding tert-OH is 8. The minimum absolute atomic E-state index is 0.252. The molecule has 2 fully saturated rings. The van der Waals surface area contributed by atoms with E-state index in [2.05, 4.69) is 92.1 Å². The molecule has 2 aliphatic rings. The van der Waals surface area contributed by atoms with Gasteiger partial charge in [-0.2, -0.15) is 0 Å². The monoisotopic (exact) mass is 1230 g/mol. The van der Waals surface area contributed by atoms with Gasteiger partial charge >= 0.3 is 0 Å². The molecule has 0 radical (unpaired) electrons. The maximum absolute atomic E-state index is 13.3. The van der Waals surface area contributed by atoms with Crippen molar-refractivity contribution in [2.75, 3.05) is 19.8 Å². The van der Waals surface area contributed by atoms with Gasteiger partial charge in [-0.15, -0.1) is 0 Å². The highest BCUT2D eigenvalue weighted by molar-refractivity contribution is 5.76. The van der Waals surface area contributed by atoms with E-state index in [-0.39, 0.29) is 18.9 Å². The largest absolute Gasteiger partial charge is 0.394 e. The van der Waals surface area contributed by atoms with Crippen molar-refractivity contribution in [1.29, 1.82) is 0 Å². The zero-order valence-corrected chi connectivity index (χ0v) is 54.7. The Bertz CT molecular complexity index is 1780. The summed E-state index contributed by atoms with van der Waals surface area (Å²) >= 11 is 0. The second-order valence-electron chi connectivity index (χ2n) is 24.6. The highest BCUT2D eigenvalue weighted by Gasteiger charge is 2.51. The first kappa shape index (κ1) is 80.3. The molecule has 2 saturated heterocycles. The highest BCUT2D eigenvalue weighted by atomic mass is 16.7. The molecule has 12 unspecified atom stereocenters. The number of allylic oxidation sites excluding steroid dienone is 13. The summed E-state index contributed by atoms with van der Waals surface area (Å²) in [4.78, 5) is 13.3. The third-order valence-corrected chi connectivity index (χ3v) is 16.8. The highest BCUT2D eigenvalue weighted by Crippen LogP contribution is 2.30. The standard InChI is InChI=1S/C73H129NO13/c1-3-5-7-9-11-13-15-17-19-21-23-25-26-27-28-29-30-31-32-33-34-35-36-37-39-41-43-45-47-49-51-53-55-57-65(78)74-61(62(77)56-54-52-50-48-46-44-42-40-38-24-22-20-18-16-14-12-10-8-6-4-2)60-84-72-70(83)68(81)71(64(59-76)86-72)87-73-69(82)67(80)66(79)63(58-75)85-73/h5,7,11,13,17,19,23,25,38,40,46,48,54,56,61-64,66-73,75-77,79-83H,3-4,6,8-10,12,14-16,18,20-22,24,26-37,39,41-45,47,49-53,55,57-60H2,1-2H3,(H,74,78)/b7-5-,13-11-,19-17-,25-23-,40-38+,48-46+,56-54+. The van der Waals surface area contributed by atoms with Gasteiger partial charge in [-0.05, 0) is 83.5 Å². The van der Waals surface area contributed by atoms with Gasteiger partial charge in [-0.25, -0.2) is 0 Å². The fourth-order valence-electron chi connectivity index (χ4n) is 11.2. The van der Waals surface area contributed by atoms with Gasteiger partial charge in [0.1, 0.15) is 48.8 Å². The summed E-state index contributed by atoms with van der Waals surface area (Å²) in [5.41, 5.74) is 0. The predicted octanol–water partition coefficient (Wildman–Crippen LogP) is 14.4. The average molecular weight is 1230 g/mol. The van der Waals surface area contributed by atoms with Crippen LogP contribution in [0, 0.1) is 0 Å². The Kier molecular flexibility index (Phi) is 52.7. The van der Waals surface area contributed by atoms with Crippen molar-refractivity contribution in [1.82, 2.24) is 5.32 Å². The number of carbonyl (C=O) groups is 1. The Labute approximate surface area is 529 Å². The van der Waals surface area contributed by atoms with E-state index in [1.54, 1.807) is 6.08 Å². The molecule has 87 heavy (non-hydrogen) atoms. The van der Waals surface area contributed by atoms with Crippen molar-refractivity contribution < 1.29 is 64.6 Å². The van der Waals surface area contributed by atoms with Crippen molar-refractivity contribution in [2.24, 2.45) is 0 Å². The molecule has 0 aliphatic carbocycles. The second kappa shape index (κ2) is 57.1. The summed E-state index contributed by atoms with van der Waals surface area (Å²) in [5, 5.41) is 87.4. The summed E-state index contributed by atoms with van der Waals surface area (Å²) in [5.74, 6) is -0.252. The zero-order valence-electron chi connectivity index (χ0n) is 54.7. The molecule has 14 heteroatoms. The number of ether oxygens (including phenoxy) is 4. The van der Waals surface area contributed by atoms with E-state index in [0.717, 1.165) is 70.6 Å². The number of carbonyl (C=O) groups excluding carboxylic acids is 1. The van der Waals surface area contributed by atoms with Gasteiger partial charge < -0.3 is 65.1 Å². The maximum Gasteiger partial charge on any atom is 0.220 e. The van der Waals surface area contributed by atoms with Gasteiger partial charge in [-0.3, -0.25) is 4.79 Å². The van der Waals surface area contributed by atoms with Crippen LogP contribution in [0.5, 0.6) is 0 Å². The molecule has 2 rings (SSSR count). The van der Waals surface area contributed by atoms with Gasteiger partial charge in [0.25, 0.3) is 0 Å². The van der Waals surface area contributed by atoms with Gasteiger partial charge in [0.2, 0.25) is 5.91 Å². The minimum Gasteiger partial charge on any atom is -0.394 e. The predicted molar refractivity (Wildman–Crippen MR) is 355 cm³/mol. The molecule has 0 spiro atoms. The van der Waals surface area contributed by atoms with Crippen LogP contribution in [0.2, 0.25) is 0 Å². The van der Waals surface area contributed by atoms with Crippen molar-refractivity contribution in [3.05, 3.63) is 85.1 Å². The molecule has 14 nitrogen and oxygen atoms in total. The topological polar surface area (TPSA) is 228 Å². The van der Waals surface area contributed by atoms with E-state index < -0.39 is 86.8 Å². The summed E-state index contributed by atoms with van der Waals surface area (Å²) in [7, 11) is 0. The molecule has 12 atom stereocenters. The van der Waals surface area contributed by atoms with Crippen LogP contribution < -0.4 is 5.32 Å². The number of rotatable bonds is 57. The van der Waals surface area contributed by atoms with E-state index in [9.17, 15) is 45.6 Å². The van der Waals surface area contributed by atoms with Crippen LogP contribution >= 0.6 is 0 Å². The molecule has 0 aromatic heterocycles. The molecule has 9 N–H and O–H groups in total. The van der Waals surface area contributed by atoms with Gasteiger partial charge in [0.05, 0.1) is 32.0 Å². The maximum atomic E-state index is 13.3. The summed E-state index contributed by atoms with van der Waals surface area (Å²) in [6.45, 7) is 2.68. The van der Waals surface area contributed by atoms with E-state index in [1.807, 2.05) is 6.08 Å². The lowest BCUT2D eigenvalue weighted by Gasteiger charge is -2.46. The fraction of sp³-hybridized carbons (Fsp3) is 0.795. The average Bonchev–Trinajstić information content (AvgIpc) is 2.59. The quantitative estimate of drug-likeness (QED) is 0.0204. The first-order valence-electron chi connectivity index (χ1n) is 35.3. The summed E-state index contributed by atoms with van der Waals surface area (Å²) in [6, 6.07) is -0.941. The van der Waals surface area contributed by atoms with Crippen LogP contribution in [0.4, 0.5) is 0 Å². The molecule has 504 valence electrons. The third kappa shape index (κ3) is 41.3. The Hall–Kier alpha value is -2.83. The number of hydrogen-bond donors (Lipinski definition) is 9. The molecule has 0 aromatic carbocycles. The molecule has 2 aliphatic heterocycles. The van der Waals surface area contributed by atoms with Crippen LogP contribution in [0.25, 0.3) is 0 Å². The van der Waals surface area contributed by atoms with Gasteiger partial charge in [0, 0.05) is 6.42 Å².